The summed E-state index contributed by atoms with van der Waals surface area (Å²) in [6.07, 6.45) is 3.41. The monoisotopic (exact) mass is 297 g/mol. The van der Waals surface area contributed by atoms with Crippen LogP contribution in [0.1, 0.15) is 38.7 Å². The predicted molar refractivity (Wildman–Crippen MR) is 82.0 cm³/mol. The summed E-state index contributed by atoms with van der Waals surface area (Å²) in [6.45, 7) is 6.20. The van der Waals surface area contributed by atoms with E-state index in [1.165, 1.54) is 12.5 Å². The number of primary sulfonamides is 1. The van der Waals surface area contributed by atoms with Crippen molar-refractivity contribution >= 4 is 21.4 Å². The molecule has 6 heteroatoms. The molecule has 112 valence electrons. The highest BCUT2D eigenvalue weighted by molar-refractivity contribution is 7.89. The lowest BCUT2D eigenvalue weighted by Crippen LogP contribution is -2.31. The third kappa shape index (κ3) is 2.91. The molecule has 0 aromatic heterocycles. The highest BCUT2D eigenvalue weighted by Gasteiger charge is 2.34. The molecular weight excluding hydrogens is 274 g/mol. The Hall–Kier alpha value is -1.27. The SMILES string of the molecule is Cc1c(NC2CCCC2(C)C)cc(N)cc1S(N)(=O)=O. The fraction of sp³-hybridized carbons (Fsp3) is 0.571. The highest BCUT2D eigenvalue weighted by atomic mass is 32.2. The standard InChI is InChI=1S/C14H23N3O2S/c1-9-11(17-13-5-4-6-14(13,2)3)7-10(15)8-12(9)20(16,18)19/h7-8,13,17H,4-6,15H2,1-3H3,(H2,16,18,19). The molecule has 1 atom stereocenters. The van der Waals surface area contributed by atoms with Gasteiger partial charge in [0.2, 0.25) is 10.0 Å². The van der Waals surface area contributed by atoms with E-state index in [9.17, 15) is 8.42 Å². The normalized spacial score (nSPS) is 21.9. The first-order valence-electron chi connectivity index (χ1n) is 6.81. The van der Waals surface area contributed by atoms with Gasteiger partial charge in [0, 0.05) is 17.4 Å². The third-order valence-electron chi connectivity index (χ3n) is 4.28. The Morgan fingerprint density at radius 2 is 2.00 bits per heavy atom. The van der Waals surface area contributed by atoms with Crippen LogP contribution >= 0.6 is 0 Å². The molecule has 0 spiro atoms. The first-order chi connectivity index (χ1) is 9.11. The van der Waals surface area contributed by atoms with Crippen molar-refractivity contribution in [1.29, 1.82) is 0 Å². The van der Waals surface area contributed by atoms with Gasteiger partial charge < -0.3 is 11.1 Å². The van der Waals surface area contributed by atoms with Crippen molar-refractivity contribution in [2.45, 2.75) is 51.0 Å². The van der Waals surface area contributed by atoms with Crippen molar-refractivity contribution in [3.05, 3.63) is 17.7 Å². The Morgan fingerprint density at radius 3 is 2.50 bits per heavy atom. The molecule has 1 aromatic rings. The Bertz CT molecular complexity index is 624. The maximum Gasteiger partial charge on any atom is 0.238 e. The molecule has 1 aliphatic rings. The summed E-state index contributed by atoms with van der Waals surface area (Å²) in [5, 5.41) is 8.70. The number of nitrogen functional groups attached to an aromatic ring is 1. The largest absolute Gasteiger partial charge is 0.399 e. The van der Waals surface area contributed by atoms with Gasteiger partial charge in [-0.15, -0.1) is 0 Å². The van der Waals surface area contributed by atoms with Crippen molar-refractivity contribution in [1.82, 2.24) is 0 Å². The maximum absolute atomic E-state index is 11.6. The Balaban J connectivity index is 2.41. The van der Waals surface area contributed by atoms with E-state index in [0.29, 0.717) is 17.3 Å². The number of rotatable bonds is 3. The first-order valence-corrected chi connectivity index (χ1v) is 8.35. The molecule has 1 unspecified atom stereocenters. The van der Waals surface area contributed by atoms with Crippen LogP contribution in [-0.4, -0.2) is 14.5 Å². The molecule has 0 amide bonds. The van der Waals surface area contributed by atoms with Gasteiger partial charge in [0.15, 0.2) is 0 Å². The van der Waals surface area contributed by atoms with Crippen molar-refractivity contribution in [3.8, 4) is 0 Å². The summed E-state index contributed by atoms with van der Waals surface area (Å²) in [6, 6.07) is 3.50. The minimum absolute atomic E-state index is 0.0933. The van der Waals surface area contributed by atoms with Gasteiger partial charge in [-0.2, -0.15) is 0 Å². The number of benzene rings is 1. The quantitative estimate of drug-likeness (QED) is 0.745. The van der Waals surface area contributed by atoms with Crippen LogP contribution in [0, 0.1) is 12.3 Å². The van der Waals surface area contributed by atoms with Gasteiger partial charge in [0.05, 0.1) is 4.90 Å². The molecule has 0 radical (unpaired) electrons. The summed E-state index contributed by atoms with van der Waals surface area (Å²) in [4.78, 5) is 0.0933. The second-order valence-electron chi connectivity index (χ2n) is 6.31. The lowest BCUT2D eigenvalue weighted by atomic mass is 9.87. The summed E-state index contributed by atoms with van der Waals surface area (Å²) in [5.41, 5.74) is 7.79. The van der Waals surface area contributed by atoms with Gasteiger partial charge in [-0.1, -0.05) is 20.3 Å². The Kier molecular flexibility index (Phi) is 3.73. The minimum Gasteiger partial charge on any atom is -0.399 e. The number of sulfonamides is 1. The zero-order valence-electron chi connectivity index (χ0n) is 12.2. The molecule has 1 fully saturated rings. The lowest BCUT2D eigenvalue weighted by molar-refractivity contribution is 0.350. The second kappa shape index (κ2) is 4.93. The average Bonchev–Trinajstić information content (AvgIpc) is 2.61. The Morgan fingerprint density at radius 1 is 1.35 bits per heavy atom. The fourth-order valence-corrected chi connectivity index (χ4v) is 3.77. The van der Waals surface area contributed by atoms with Crippen LogP contribution in [0.2, 0.25) is 0 Å². The summed E-state index contributed by atoms with van der Waals surface area (Å²) in [7, 11) is -3.76. The van der Waals surface area contributed by atoms with E-state index in [-0.39, 0.29) is 10.3 Å². The van der Waals surface area contributed by atoms with Gasteiger partial charge >= 0.3 is 0 Å². The van der Waals surface area contributed by atoms with Gasteiger partial charge in [-0.25, -0.2) is 13.6 Å². The van der Waals surface area contributed by atoms with Crippen LogP contribution in [0.15, 0.2) is 17.0 Å². The van der Waals surface area contributed by atoms with E-state index < -0.39 is 10.0 Å². The molecule has 0 heterocycles. The maximum atomic E-state index is 11.6. The predicted octanol–water partition coefficient (Wildman–Crippen LogP) is 2.22. The molecule has 0 saturated heterocycles. The van der Waals surface area contributed by atoms with Crippen LogP contribution in [0.3, 0.4) is 0 Å². The number of anilines is 2. The van der Waals surface area contributed by atoms with Crippen LogP contribution < -0.4 is 16.2 Å². The molecular formula is C14H23N3O2S. The van der Waals surface area contributed by atoms with E-state index in [1.54, 1.807) is 13.0 Å². The van der Waals surface area contributed by atoms with Crippen LogP contribution in [0.25, 0.3) is 0 Å². The van der Waals surface area contributed by atoms with Gasteiger partial charge in [-0.05, 0) is 42.9 Å². The van der Waals surface area contributed by atoms with Gasteiger partial charge in [-0.3, -0.25) is 0 Å². The summed E-state index contributed by atoms with van der Waals surface area (Å²) in [5.74, 6) is 0. The molecule has 2 rings (SSSR count). The van der Waals surface area contributed by atoms with Gasteiger partial charge in [0.1, 0.15) is 0 Å². The van der Waals surface area contributed by atoms with Crippen molar-refractivity contribution in [2.75, 3.05) is 11.1 Å². The topological polar surface area (TPSA) is 98.2 Å². The van der Waals surface area contributed by atoms with E-state index in [0.717, 1.165) is 18.5 Å². The second-order valence-corrected chi connectivity index (χ2v) is 7.84. The Labute approximate surface area is 120 Å². The van der Waals surface area contributed by atoms with E-state index in [1.807, 2.05) is 0 Å². The summed E-state index contributed by atoms with van der Waals surface area (Å²) >= 11 is 0. The third-order valence-corrected chi connectivity index (χ3v) is 5.31. The zero-order valence-corrected chi connectivity index (χ0v) is 13.0. The molecule has 5 nitrogen and oxygen atoms in total. The van der Waals surface area contributed by atoms with Crippen molar-refractivity contribution < 1.29 is 8.42 Å². The van der Waals surface area contributed by atoms with Crippen molar-refractivity contribution in [2.24, 2.45) is 10.6 Å². The highest BCUT2D eigenvalue weighted by Crippen LogP contribution is 2.40. The van der Waals surface area contributed by atoms with E-state index >= 15 is 0 Å². The van der Waals surface area contributed by atoms with Crippen LogP contribution in [0.4, 0.5) is 11.4 Å². The van der Waals surface area contributed by atoms with E-state index in [4.69, 9.17) is 10.9 Å². The van der Waals surface area contributed by atoms with Crippen LogP contribution in [0.5, 0.6) is 0 Å². The number of nitrogens with two attached hydrogens (primary N) is 2. The van der Waals surface area contributed by atoms with Crippen LogP contribution in [-0.2, 0) is 10.0 Å². The molecule has 0 aliphatic heterocycles. The number of hydrogen-bond donors (Lipinski definition) is 3. The number of nitrogens with one attached hydrogen (secondary N) is 1. The van der Waals surface area contributed by atoms with Crippen molar-refractivity contribution in [3.63, 3.8) is 0 Å². The molecule has 1 aliphatic carbocycles. The first kappa shape index (κ1) is 15.1. The molecule has 5 N–H and O–H groups in total. The average molecular weight is 297 g/mol. The molecule has 1 aromatic carbocycles. The van der Waals surface area contributed by atoms with E-state index in [2.05, 4.69) is 19.2 Å². The van der Waals surface area contributed by atoms with Gasteiger partial charge in [0.25, 0.3) is 0 Å². The summed E-state index contributed by atoms with van der Waals surface area (Å²) < 4.78 is 23.2. The fourth-order valence-electron chi connectivity index (χ4n) is 2.94. The minimum atomic E-state index is -3.76. The molecule has 1 saturated carbocycles. The molecule has 0 bridgehead atoms. The zero-order chi connectivity index (χ0) is 15.1. The smallest absolute Gasteiger partial charge is 0.238 e. The molecule has 20 heavy (non-hydrogen) atoms. The lowest BCUT2D eigenvalue weighted by Gasteiger charge is -2.29. The number of hydrogen-bond acceptors (Lipinski definition) is 4.